The number of benzene rings is 7. The Balaban J connectivity index is 1.11. The summed E-state index contributed by atoms with van der Waals surface area (Å²) in [5, 5.41) is 6.39. The Labute approximate surface area is 481 Å². The monoisotopic (exact) mass is 1070 g/mol. The molecule has 80 heavy (non-hydrogen) atoms. The van der Waals surface area contributed by atoms with Crippen molar-refractivity contribution in [2.24, 2.45) is 0 Å². The number of hydrogen-bond donors (Lipinski definition) is 0. The molecule has 0 amide bonds. The van der Waals surface area contributed by atoms with Crippen LogP contribution in [0.3, 0.4) is 0 Å². The summed E-state index contributed by atoms with van der Waals surface area (Å²) in [5.74, 6) is 0. The maximum absolute atomic E-state index is 7.28. The van der Waals surface area contributed by atoms with Gasteiger partial charge in [-0.3, -0.25) is 0 Å². The van der Waals surface area contributed by atoms with Crippen LogP contribution in [-0.2, 0) is 43.3 Å². The molecule has 0 saturated carbocycles. The van der Waals surface area contributed by atoms with Gasteiger partial charge in [0.05, 0.1) is 5.69 Å². The van der Waals surface area contributed by atoms with Crippen LogP contribution in [0.1, 0.15) is 212 Å². The van der Waals surface area contributed by atoms with E-state index in [0.717, 1.165) is 17.6 Å². The molecule has 0 spiro atoms. The SMILES string of the molecule is Cc1cc2c(cc1N1c3cc4ccccc4c4c3B(c3sc5cc6c(cc5c31)C(C)(C)CCC6(C)C)N(c1ccc3c(c1)C(C)(C)CCC3(C)C)c1cc3c(cc1-4)oc1cc4c(cc13)C(C)(C)CCC4(C)C)C(C)(C)CCC2(C)C. The summed E-state index contributed by atoms with van der Waals surface area (Å²) >= 11 is 2.07. The molecule has 7 aromatic carbocycles. The van der Waals surface area contributed by atoms with Crippen LogP contribution in [-0.4, -0.2) is 6.85 Å². The molecule has 0 radical (unpaired) electrons. The van der Waals surface area contributed by atoms with Crippen LogP contribution in [0.25, 0.3) is 53.9 Å². The first-order chi connectivity index (χ1) is 37.5. The molecule has 408 valence electrons. The van der Waals surface area contributed by atoms with Crippen molar-refractivity contribution in [1.29, 1.82) is 0 Å². The summed E-state index contributed by atoms with van der Waals surface area (Å²) in [6.45, 7) is 42.0. The number of rotatable bonds is 2. The first-order valence-corrected chi connectivity index (χ1v) is 31.4. The predicted molar refractivity (Wildman–Crippen MR) is 346 cm³/mol. The van der Waals surface area contributed by atoms with Gasteiger partial charge < -0.3 is 14.1 Å². The van der Waals surface area contributed by atoms with E-state index in [-0.39, 0.29) is 50.2 Å². The van der Waals surface area contributed by atoms with E-state index in [2.05, 4.69) is 236 Å². The molecular weight excluding hydrogens is 988 g/mol. The molecule has 3 nitrogen and oxygen atoms in total. The Morgan fingerprint density at radius 1 is 0.425 bits per heavy atom. The molecule has 0 atom stereocenters. The van der Waals surface area contributed by atoms with Crippen molar-refractivity contribution >= 4 is 99.7 Å². The Hall–Kier alpha value is -5.78. The van der Waals surface area contributed by atoms with Gasteiger partial charge in [0.1, 0.15) is 11.2 Å². The molecule has 15 rings (SSSR count). The molecule has 4 aliphatic carbocycles. The molecule has 0 fully saturated rings. The van der Waals surface area contributed by atoms with Gasteiger partial charge >= 0.3 is 6.85 Å². The third kappa shape index (κ3) is 6.91. The van der Waals surface area contributed by atoms with Crippen LogP contribution in [0.15, 0.2) is 101 Å². The second-order valence-corrected chi connectivity index (χ2v) is 32.7. The second-order valence-electron chi connectivity index (χ2n) is 31.6. The highest BCUT2D eigenvalue weighted by atomic mass is 32.1. The molecular formula is C75H83BN2OS. The van der Waals surface area contributed by atoms with Gasteiger partial charge in [-0.2, -0.15) is 0 Å². The molecule has 0 saturated heterocycles. The largest absolute Gasteiger partial charge is 0.456 e. The van der Waals surface area contributed by atoms with Gasteiger partial charge in [0.25, 0.3) is 0 Å². The van der Waals surface area contributed by atoms with Gasteiger partial charge in [-0.1, -0.05) is 147 Å². The summed E-state index contributed by atoms with van der Waals surface area (Å²) in [6, 6.07) is 40.2. The van der Waals surface area contributed by atoms with Gasteiger partial charge in [-0.15, -0.1) is 11.3 Å². The summed E-state index contributed by atoms with van der Waals surface area (Å²) in [7, 11) is 0. The van der Waals surface area contributed by atoms with E-state index in [1.165, 1.54) is 176 Å². The van der Waals surface area contributed by atoms with Crippen molar-refractivity contribution in [3.05, 3.63) is 147 Å². The lowest BCUT2D eigenvalue weighted by atomic mass is 9.46. The number of furan rings is 1. The number of hydrogen-bond acceptors (Lipinski definition) is 4. The van der Waals surface area contributed by atoms with Crippen LogP contribution in [0.2, 0.25) is 0 Å². The van der Waals surface area contributed by atoms with Crippen LogP contribution < -0.4 is 20.0 Å². The average molecular weight is 1070 g/mol. The van der Waals surface area contributed by atoms with Crippen molar-refractivity contribution < 1.29 is 4.42 Å². The van der Waals surface area contributed by atoms with Crippen LogP contribution >= 0.6 is 11.3 Å². The Morgan fingerprint density at radius 2 is 0.912 bits per heavy atom. The van der Waals surface area contributed by atoms with E-state index >= 15 is 0 Å². The van der Waals surface area contributed by atoms with E-state index in [0.29, 0.717) is 0 Å². The average Bonchev–Trinajstić information content (AvgIpc) is 4.15. The van der Waals surface area contributed by atoms with Crippen molar-refractivity contribution in [3.8, 4) is 11.1 Å². The third-order valence-electron chi connectivity index (χ3n) is 22.6. The van der Waals surface area contributed by atoms with Crippen molar-refractivity contribution in [3.63, 3.8) is 0 Å². The zero-order chi connectivity index (χ0) is 56.1. The molecule has 6 aliphatic rings. The van der Waals surface area contributed by atoms with Gasteiger partial charge in [-0.05, 0) is 234 Å². The quantitative estimate of drug-likeness (QED) is 0.161. The topological polar surface area (TPSA) is 19.6 Å². The normalized spacial score (nSPS) is 21.6. The lowest BCUT2D eigenvalue weighted by molar-refractivity contribution is 0.332. The fourth-order valence-corrected chi connectivity index (χ4v) is 18.1. The van der Waals surface area contributed by atoms with E-state index in [4.69, 9.17) is 4.42 Å². The third-order valence-corrected chi connectivity index (χ3v) is 23.8. The molecule has 5 heteroatoms. The smallest absolute Gasteiger partial charge is 0.343 e. The highest BCUT2D eigenvalue weighted by molar-refractivity contribution is 7.32. The Morgan fingerprint density at radius 3 is 1.52 bits per heavy atom. The zero-order valence-electron chi connectivity index (χ0n) is 51.2. The molecule has 0 N–H and O–H groups in total. The number of thiophene rings is 1. The molecule has 2 aliphatic heterocycles. The minimum Gasteiger partial charge on any atom is -0.456 e. The standard InChI is InChI=1S/C75H83BN2OS/c1-42-32-51-55(73(12,13)29-26-69(51,4)5)39-58(42)77-60-33-43-20-18-19-21-45(43)64-48-38-61-47(46-35-53-56(40-62(46)79-61)74(14,15)30-27-71(53,8)9)37-59(48)78(44-22-23-50-52(34-44)70(6,7)25-24-68(50,2)3)76(65(60)64)67-66(77)49-36-54-57(41-63(49)80-67)75(16,17)31-28-72(54,10)11/h18-23,32-41H,24-31H2,1-17H3. The minimum absolute atomic E-state index is 0.0280. The predicted octanol–water partition coefficient (Wildman–Crippen LogP) is 20.4. The van der Waals surface area contributed by atoms with E-state index < -0.39 is 0 Å². The summed E-state index contributed by atoms with van der Waals surface area (Å²) in [5.41, 5.74) is 26.2. The van der Waals surface area contributed by atoms with Gasteiger partial charge in [0.15, 0.2) is 0 Å². The van der Waals surface area contributed by atoms with Crippen LogP contribution in [0.4, 0.5) is 28.4 Å². The molecule has 0 bridgehead atoms. The highest BCUT2D eigenvalue weighted by Crippen LogP contribution is 2.59. The second kappa shape index (κ2) is 15.9. The van der Waals surface area contributed by atoms with E-state index in [1.54, 1.807) is 0 Å². The fraction of sp³-hybridized carbons (Fsp3) is 0.440. The highest BCUT2D eigenvalue weighted by Gasteiger charge is 2.51. The van der Waals surface area contributed by atoms with Crippen LogP contribution in [0.5, 0.6) is 0 Å². The molecule has 0 unspecified atom stereocenters. The zero-order valence-corrected chi connectivity index (χ0v) is 52.0. The first kappa shape index (κ1) is 51.1. The maximum Gasteiger partial charge on any atom is 0.343 e. The summed E-state index contributed by atoms with van der Waals surface area (Å²) in [6.07, 6.45) is 9.40. The van der Waals surface area contributed by atoms with Gasteiger partial charge in [0.2, 0.25) is 0 Å². The Bertz CT molecular complexity index is 4240. The van der Waals surface area contributed by atoms with Crippen molar-refractivity contribution in [1.82, 2.24) is 0 Å². The summed E-state index contributed by atoms with van der Waals surface area (Å²) < 4.78 is 10.1. The number of anilines is 5. The van der Waals surface area contributed by atoms with E-state index in [1.807, 2.05) is 0 Å². The maximum atomic E-state index is 7.28. The van der Waals surface area contributed by atoms with Gasteiger partial charge in [0, 0.05) is 53.9 Å². The number of aryl methyl sites for hydroxylation is 1. The van der Waals surface area contributed by atoms with E-state index in [9.17, 15) is 0 Å². The fourth-order valence-electron chi connectivity index (χ4n) is 16.8. The number of fused-ring (bicyclic) bond motifs is 15. The molecule has 2 aromatic heterocycles. The molecule has 9 aromatic rings. The lowest BCUT2D eigenvalue weighted by Crippen LogP contribution is -2.60. The summed E-state index contributed by atoms with van der Waals surface area (Å²) in [4.78, 5) is 5.63. The first-order valence-electron chi connectivity index (χ1n) is 30.6. The van der Waals surface area contributed by atoms with Crippen LogP contribution in [0, 0.1) is 6.92 Å². The van der Waals surface area contributed by atoms with Crippen molar-refractivity contribution in [2.75, 3.05) is 9.71 Å². The number of nitrogens with zero attached hydrogens (tertiary/aromatic N) is 2. The van der Waals surface area contributed by atoms with Crippen molar-refractivity contribution in [2.45, 2.75) is 212 Å². The minimum atomic E-state index is -0.118. The Kier molecular flexibility index (Phi) is 10.1. The molecule has 4 heterocycles. The lowest BCUT2D eigenvalue weighted by Gasteiger charge is -2.47. The van der Waals surface area contributed by atoms with Gasteiger partial charge in [-0.25, -0.2) is 0 Å².